The van der Waals surface area contributed by atoms with Gasteiger partial charge >= 0.3 is 6.03 Å². The molecule has 1 aromatic heterocycles. The molecule has 3 amide bonds. The molecule has 3 heterocycles. The molecule has 0 aromatic carbocycles. The predicted molar refractivity (Wildman–Crippen MR) is 81.2 cm³/mol. The average molecular weight is 321 g/mol. The first-order valence-corrected chi connectivity index (χ1v) is 8.10. The minimum atomic E-state index is -0.787. The van der Waals surface area contributed by atoms with Crippen molar-refractivity contribution in [3.8, 4) is 0 Å². The molecule has 0 radical (unpaired) electrons. The number of carbonyl (C=O) groups excluding carboxylic acids is 2. The number of aryl methyl sites for hydroxylation is 1. The van der Waals surface area contributed by atoms with Gasteiger partial charge in [-0.25, -0.2) is 9.48 Å². The largest absolute Gasteiger partial charge is 0.325 e. The van der Waals surface area contributed by atoms with Crippen LogP contribution in [0.15, 0.2) is 0 Å². The van der Waals surface area contributed by atoms with E-state index < -0.39 is 5.54 Å². The second-order valence-corrected chi connectivity index (χ2v) is 6.56. The topological polar surface area (TPSA) is 96.2 Å². The molecule has 9 nitrogen and oxygen atoms in total. The van der Waals surface area contributed by atoms with E-state index in [0.29, 0.717) is 19.5 Å². The van der Waals surface area contributed by atoms with Gasteiger partial charge in [0, 0.05) is 25.7 Å². The lowest BCUT2D eigenvalue weighted by Gasteiger charge is -2.23. The standard InChI is InChI=1S/C14H23N7O2/c1-4-6-20-11(16-17-18-20)8-19-7-5-14(9-19)12(22)21(10(2)3)13(23)15-14/h10H,4-9H2,1-3H3,(H,15,23)/t14-/m1/s1. The van der Waals surface area contributed by atoms with Crippen LogP contribution in [0.5, 0.6) is 0 Å². The molecule has 0 unspecified atom stereocenters. The molecule has 0 bridgehead atoms. The summed E-state index contributed by atoms with van der Waals surface area (Å²) in [4.78, 5) is 28.2. The van der Waals surface area contributed by atoms with Gasteiger partial charge in [-0.05, 0) is 37.1 Å². The first-order valence-electron chi connectivity index (χ1n) is 8.10. The molecule has 9 heteroatoms. The van der Waals surface area contributed by atoms with Crippen LogP contribution in [0, 0.1) is 0 Å². The summed E-state index contributed by atoms with van der Waals surface area (Å²) < 4.78 is 1.79. The smallest absolute Gasteiger partial charge is 0.322 e. The second kappa shape index (κ2) is 5.88. The highest BCUT2D eigenvalue weighted by atomic mass is 16.2. The van der Waals surface area contributed by atoms with Crippen molar-refractivity contribution >= 4 is 11.9 Å². The molecule has 1 N–H and O–H groups in total. The number of nitrogens with one attached hydrogen (secondary N) is 1. The Morgan fingerprint density at radius 1 is 1.35 bits per heavy atom. The molecular formula is C14H23N7O2. The quantitative estimate of drug-likeness (QED) is 0.766. The predicted octanol–water partition coefficient (Wildman–Crippen LogP) is -0.0122. The van der Waals surface area contributed by atoms with Crippen molar-refractivity contribution < 1.29 is 9.59 Å². The lowest BCUT2D eigenvalue weighted by Crippen LogP contribution is -2.49. The Balaban J connectivity index is 1.70. The number of hydrogen-bond acceptors (Lipinski definition) is 6. The van der Waals surface area contributed by atoms with Gasteiger partial charge in [-0.1, -0.05) is 6.92 Å². The highest BCUT2D eigenvalue weighted by molar-refractivity contribution is 6.07. The van der Waals surface area contributed by atoms with Gasteiger partial charge in [-0.3, -0.25) is 14.6 Å². The minimum absolute atomic E-state index is 0.117. The van der Waals surface area contributed by atoms with Crippen LogP contribution in [0.3, 0.4) is 0 Å². The number of hydrogen-bond donors (Lipinski definition) is 1. The van der Waals surface area contributed by atoms with E-state index in [-0.39, 0.29) is 18.0 Å². The summed E-state index contributed by atoms with van der Waals surface area (Å²) in [6, 6.07) is -0.421. The van der Waals surface area contributed by atoms with Gasteiger partial charge in [0.1, 0.15) is 5.54 Å². The van der Waals surface area contributed by atoms with Crippen molar-refractivity contribution in [2.24, 2.45) is 0 Å². The fourth-order valence-corrected chi connectivity index (χ4v) is 3.33. The molecule has 126 valence electrons. The van der Waals surface area contributed by atoms with Gasteiger partial charge < -0.3 is 5.32 Å². The van der Waals surface area contributed by atoms with E-state index in [4.69, 9.17) is 0 Å². The third-order valence-corrected chi connectivity index (χ3v) is 4.46. The lowest BCUT2D eigenvalue weighted by atomic mass is 9.98. The first kappa shape index (κ1) is 15.9. The van der Waals surface area contributed by atoms with Crippen molar-refractivity contribution in [1.29, 1.82) is 0 Å². The third kappa shape index (κ3) is 2.69. The van der Waals surface area contributed by atoms with Crippen LogP contribution < -0.4 is 5.32 Å². The summed E-state index contributed by atoms with van der Waals surface area (Å²) in [6.45, 7) is 8.36. The van der Waals surface area contributed by atoms with E-state index in [9.17, 15) is 9.59 Å². The van der Waals surface area contributed by atoms with Crippen LogP contribution >= 0.6 is 0 Å². The van der Waals surface area contributed by atoms with Crippen LogP contribution in [-0.4, -0.2) is 66.6 Å². The van der Waals surface area contributed by atoms with Crippen LogP contribution in [-0.2, 0) is 17.9 Å². The molecule has 2 aliphatic rings. The van der Waals surface area contributed by atoms with Crippen molar-refractivity contribution in [3.05, 3.63) is 5.82 Å². The maximum Gasteiger partial charge on any atom is 0.325 e. The van der Waals surface area contributed by atoms with Gasteiger partial charge in [0.2, 0.25) is 0 Å². The molecule has 2 saturated heterocycles. The molecule has 3 rings (SSSR count). The Kier molecular flexibility index (Phi) is 4.05. The molecule has 1 aromatic rings. The Hall–Kier alpha value is -2.03. The molecule has 1 atom stereocenters. The molecular weight excluding hydrogens is 298 g/mol. The summed E-state index contributed by atoms with van der Waals surface area (Å²) in [5, 5.41) is 14.7. The summed E-state index contributed by atoms with van der Waals surface area (Å²) in [6.07, 6.45) is 1.58. The fourth-order valence-electron chi connectivity index (χ4n) is 3.33. The van der Waals surface area contributed by atoms with E-state index in [2.05, 4.69) is 32.7 Å². The molecule has 23 heavy (non-hydrogen) atoms. The van der Waals surface area contributed by atoms with Crippen LogP contribution in [0.2, 0.25) is 0 Å². The normalized spacial score (nSPS) is 25.1. The summed E-state index contributed by atoms with van der Waals surface area (Å²) in [5.41, 5.74) is -0.787. The number of carbonyl (C=O) groups is 2. The van der Waals surface area contributed by atoms with Gasteiger partial charge in [0.25, 0.3) is 5.91 Å². The van der Waals surface area contributed by atoms with E-state index in [0.717, 1.165) is 25.3 Å². The Labute approximate surface area is 135 Å². The number of tetrazole rings is 1. The molecule has 0 saturated carbocycles. The number of aromatic nitrogens is 4. The number of imide groups is 1. The monoisotopic (exact) mass is 321 g/mol. The SMILES string of the molecule is CCCn1nnnc1CN1CC[C@]2(C1)NC(=O)N(C(C)C)C2=O. The molecule has 1 spiro atoms. The van der Waals surface area contributed by atoms with Gasteiger partial charge in [0.15, 0.2) is 5.82 Å². The van der Waals surface area contributed by atoms with Crippen molar-refractivity contribution in [3.63, 3.8) is 0 Å². The Morgan fingerprint density at radius 2 is 2.13 bits per heavy atom. The highest BCUT2D eigenvalue weighted by Crippen LogP contribution is 2.30. The zero-order valence-corrected chi connectivity index (χ0v) is 13.8. The maximum atomic E-state index is 12.7. The summed E-state index contributed by atoms with van der Waals surface area (Å²) in [5.74, 6) is 0.675. The van der Waals surface area contributed by atoms with E-state index in [1.165, 1.54) is 4.90 Å². The van der Waals surface area contributed by atoms with Crippen LogP contribution in [0.1, 0.15) is 39.4 Å². The van der Waals surface area contributed by atoms with Gasteiger partial charge in [-0.2, -0.15) is 0 Å². The number of nitrogens with zero attached hydrogens (tertiary/aromatic N) is 6. The number of rotatable bonds is 5. The Bertz CT molecular complexity index is 614. The van der Waals surface area contributed by atoms with E-state index in [1.807, 2.05) is 13.8 Å². The van der Waals surface area contributed by atoms with Crippen LogP contribution in [0.4, 0.5) is 4.79 Å². The van der Waals surface area contributed by atoms with Gasteiger partial charge in [-0.15, -0.1) is 5.10 Å². The lowest BCUT2D eigenvalue weighted by molar-refractivity contribution is -0.132. The van der Waals surface area contributed by atoms with Crippen molar-refractivity contribution in [1.82, 2.24) is 35.3 Å². The highest BCUT2D eigenvalue weighted by Gasteiger charge is 2.55. The average Bonchev–Trinajstić information content (AvgIpc) is 3.13. The zero-order chi connectivity index (χ0) is 16.6. The van der Waals surface area contributed by atoms with Crippen molar-refractivity contribution in [2.75, 3.05) is 13.1 Å². The Morgan fingerprint density at radius 3 is 2.78 bits per heavy atom. The molecule has 2 fully saturated rings. The molecule has 0 aliphatic carbocycles. The number of likely N-dealkylation sites (tertiary alicyclic amines) is 1. The zero-order valence-electron chi connectivity index (χ0n) is 13.8. The summed E-state index contributed by atoms with van der Waals surface area (Å²) >= 11 is 0. The summed E-state index contributed by atoms with van der Waals surface area (Å²) in [7, 11) is 0. The maximum absolute atomic E-state index is 12.7. The van der Waals surface area contributed by atoms with Gasteiger partial charge in [0.05, 0.1) is 6.54 Å². The van der Waals surface area contributed by atoms with Crippen molar-refractivity contribution in [2.45, 2.75) is 58.3 Å². The van der Waals surface area contributed by atoms with Crippen LogP contribution in [0.25, 0.3) is 0 Å². The fraction of sp³-hybridized carbons (Fsp3) is 0.786. The second-order valence-electron chi connectivity index (χ2n) is 6.56. The third-order valence-electron chi connectivity index (χ3n) is 4.46. The minimum Gasteiger partial charge on any atom is -0.322 e. The van der Waals surface area contributed by atoms with E-state index in [1.54, 1.807) is 4.68 Å². The number of urea groups is 1. The first-order chi connectivity index (χ1) is 11.0. The van der Waals surface area contributed by atoms with E-state index >= 15 is 0 Å². The molecule has 2 aliphatic heterocycles. The number of amides is 3.